The van der Waals surface area contributed by atoms with Crippen molar-refractivity contribution in [1.29, 1.82) is 0 Å². The Kier molecular flexibility index (Phi) is 7.36. The second kappa shape index (κ2) is 8.01. The number of ether oxygens (including phenoxy) is 1. The molecule has 2 heterocycles. The van der Waals surface area contributed by atoms with E-state index in [1.165, 1.54) is 13.1 Å². The minimum atomic E-state index is -0.0185. The lowest BCUT2D eigenvalue weighted by Crippen LogP contribution is -2.35. The summed E-state index contributed by atoms with van der Waals surface area (Å²) in [5.41, 5.74) is 0. The molecule has 114 valence electrons. The van der Waals surface area contributed by atoms with Gasteiger partial charge in [0.2, 0.25) is 0 Å². The lowest BCUT2D eigenvalue weighted by atomic mass is 10.0. The molecule has 0 bridgehead atoms. The van der Waals surface area contributed by atoms with Crippen molar-refractivity contribution in [2.75, 3.05) is 45.9 Å². The van der Waals surface area contributed by atoms with Gasteiger partial charge in [0.1, 0.15) is 0 Å². The van der Waals surface area contributed by atoms with Crippen LogP contribution in [0.2, 0.25) is 0 Å². The van der Waals surface area contributed by atoms with E-state index in [2.05, 4.69) is 10.2 Å². The summed E-state index contributed by atoms with van der Waals surface area (Å²) in [4.78, 5) is 2.59. The third-order valence-corrected chi connectivity index (χ3v) is 4.53. The lowest BCUT2D eigenvalue weighted by Gasteiger charge is -2.23. The zero-order valence-electron chi connectivity index (χ0n) is 11.3. The molecule has 4 atom stereocenters. The normalized spacial score (nSPS) is 39.0. The molecule has 0 spiro atoms. The molecule has 1 saturated carbocycles. The number of aliphatic hydroxyl groups is 1. The third-order valence-electron chi connectivity index (χ3n) is 4.53. The number of fused-ring (bicyclic) bond motifs is 1. The highest BCUT2D eigenvalue weighted by atomic mass is 35.5. The quantitative estimate of drug-likeness (QED) is 0.790. The van der Waals surface area contributed by atoms with Gasteiger partial charge in [-0.2, -0.15) is 0 Å². The van der Waals surface area contributed by atoms with Gasteiger partial charge in [0.25, 0.3) is 0 Å². The van der Waals surface area contributed by atoms with E-state index in [0.717, 1.165) is 57.5 Å². The summed E-state index contributed by atoms with van der Waals surface area (Å²) in [6.07, 6.45) is 2.04. The van der Waals surface area contributed by atoms with Crippen LogP contribution in [0, 0.1) is 17.8 Å². The van der Waals surface area contributed by atoms with Gasteiger partial charge in [-0.15, -0.1) is 24.8 Å². The van der Waals surface area contributed by atoms with Gasteiger partial charge >= 0.3 is 0 Å². The average Bonchev–Trinajstić information content (AvgIpc) is 2.69. The van der Waals surface area contributed by atoms with Crippen LogP contribution in [0.1, 0.15) is 12.8 Å². The summed E-state index contributed by atoms with van der Waals surface area (Å²) in [6.45, 7) is 7.39. The largest absolute Gasteiger partial charge is 0.393 e. The summed E-state index contributed by atoms with van der Waals surface area (Å²) in [7, 11) is 0. The van der Waals surface area contributed by atoms with E-state index in [4.69, 9.17) is 4.74 Å². The molecule has 3 rings (SSSR count). The van der Waals surface area contributed by atoms with Crippen LogP contribution >= 0.6 is 24.8 Å². The second-order valence-corrected chi connectivity index (χ2v) is 6.01. The van der Waals surface area contributed by atoms with Gasteiger partial charge in [0.15, 0.2) is 0 Å². The Labute approximate surface area is 128 Å². The Bertz CT molecular complexity index is 249. The highest BCUT2D eigenvalue weighted by Crippen LogP contribution is 2.38. The molecule has 2 N–H and O–H groups in total. The molecular weight excluding hydrogens is 287 g/mol. The first-order valence-electron chi connectivity index (χ1n) is 7.00. The molecule has 3 aliphatic rings. The maximum absolute atomic E-state index is 9.63. The van der Waals surface area contributed by atoms with E-state index >= 15 is 0 Å². The molecule has 0 aromatic rings. The van der Waals surface area contributed by atoms with Crippen molar-refractivity contribution in [3.05, 3.63) is 0 Å². The first-order valence-corrected chi connectivity index (χ1v) is 7.00. The fourth-order valence-corrected chi connectivity index (χ4v) is 3.76. The molecule has 0 aromatic heterocycles. The van der Waals surface area contributed by atoms with E-state index in [0.29, 0.717) is 5.92 Å². The highest BCUT2D eigenvalue weighted by molar-refractivity contribution is 5.85. The smallest absolute Gasteiger partial charge is 0.0591 e. The molecular formula is C13H26Cl2N2O2. The molecule has 0 aromatic carbocycles. The number of halogens is 2. The fraction of sp³-hybridized carbons (Fsp3) is 1.00. The van der Waals surface area contributed by atoms with Crippen molar-refractivity contribution in [3.8, 4) is 0 Å². The molecule has 3 fully saturated rings. The second-order valence-electron chi connectivity index (χ2n) is 6.01. The molecule has 2 unspecified atom stereocenters. The summed E-state index contributed by atoms with van der Waals surface area (Å²) in [6, 6.07) is 0. The van der Waals surface area contributed by atoms with Crippen LogP contribution in [0.5, 0.6) is 0 Å². The fourth-order valence-electron chi connectivity index (χ4n) is 3.76. The van der Waals surface area contributed by atoms with E-state index in [1.807, 2.05) is 0 Å². The Morgan fingerprint density at radius 2 is 1.84 bits per heavy atom. The van der Waals surface area contributed by atoms with Crippen LogP contribution in [-0.4, -0.2) is 62.0 Å². The maximum atomic E-state index is 9.63. The maximum Gasteiger partial charge on any atom is 0.0591 e. The first-order chi connectivity index (χ1) is 8.31. The van der Waals surface area contributed by atoms with Gasteiger partial charge in [-0.3, -0.25) is 0 Å². The van der Waals surface area contributed by atoms with Crippen molar-refractivity contribution in [3.63, 3.8) is 0 Å². The molecule has 6 heteroatoms. The van der Waals surface area contributed by atoms with E-state index < -0.39 is 0 Å². The first kappa shape index (κ1) is 17.5. The predicted molar refractivity (Wildman–Crippen MR) is 80.3 cm³/mol. The molecule has 0 radical (unpaired) electrons. The number of hydrogen-bond acceptors (Lipinski definition) is 4. The number of aliphatic hydroxyl groups excluding tert-OH is 1. The summed E-state index contributed by atoms with van der Waals surface area (Å²) in [5.74, 6) is 2.15. The Morgan fingerprint density at radius 3 is 2.53 bits per heavy atom. The summed E-state index contributed by atoms with van der Waals surface area (Å²) >= 11 is 0. The van der Waals surface area contributed by atoms with Crippen LogP contribution in [0.15, 0.2) is 0 Å². The number of hydrogen-bond donors (Lipinski definition) is 2. The average molecular weight is 313 g/mol. The molecule has 0 amide bonds. The summed E-state index contributed by atoms with van der Waals surface area (Å²) < 4.78 is 5.60. The van der Waals surface area contributed by atoms with Crippen molar-refractivity contribution >= 4 is 24.8 Å². The van der Waals surface area contributed by atoms with Crippen LogP contribution < -0.4 is 5.32 Å². The number of rotatable bonds is 2. The van der Waals surface area contributed by atoms with Crippen LogP contribution in [0.25, 0.3) is 0 Å². The number of nitrogens with zero attached hydrogens (tertiary/aromatic N) is 1. The highest BCUT2D eigenvalue weighted by Gasteiger charge is 2.40. The molecule has 4 nitrogen and oxygen atoms in total. The monoisotopic (exact) mass is 312 g/mol. The van der Waals surface area contributed by atoms with E-state index in [9.17, 15) is 5.11 Å². The van der Waals surface area contributed by atoms with Crippen molar-refractivity contribution < 1.29 is 9.84 Å². The number of nitrogens with one attached hydrogen (secondary N) is 1. The Balaban J connectivity index is 0.000000902. The standard InChI is InChI=1S/C13H24N2O2.2ClH/c16-13-3-11-7-15(8-12(11)4-13)6-10-5-14-1-2-17-9-10;;/h10-14,16H,1-9H2;2*1H/t10?,11-,12+,13?;;. The van der Waals surface area contributed by atoms with Gasteiger partial charge in [-0.25, -0.2) is 0 Å². The Hall–Kier alpha value is 0.420. The Morgan fingerprint density at radius 1 is 1.16 bits per heavy atom. The van der Waals surface area contributed by atoms with Crippen molar-refractivity contribution in [2.45, 2.75) is 18.9 Å². The van der Waals surface area contributed by atoms with Crippen molar-refractivity contribution in [1.82, 2.24) is 10.2 Å². The topological polar surface area (TPSA) is 44.7 Å². The predicted octanol–water partition coefficient (Wildman–Crippen LogP) is 0.769. The van der Waals surface area contributed by atoms with E-state index in [1.54, 1.807) is 0 Å². The van der Waals surface area contributed by atoms with Crippen LogP contribution in [0.4, 0.5) is 0 Å². The molecule has 2 aliphatic heterocycles. The molecule has 19 heavy (non-hydrogen) atoms. The summed E-state index contributed by atoms with van der Waals surface area (Å²) in [5, 5.41) is 13.1. The van der Waals surface area contributed by atoms with E-state index in [-0.39, 0.29) is 30.9 Å². The van der Waals surface area contributed by atoms with Crippen LogP contribution in [-0.2, 0) is 4.74 Å². The zero-order chi connectivity index (χ0) is 11.7. The minimum Gasteiger partial charge on any atom is -0.393 e. The van der Waals surface area contributed by atoms with Gasteiger partial charge in [-0.05, 0) is 24.7 Å². The van der Waals surface area contributed by atoms with Gasteiger partial charge in [-0.1, -0.05) is 0 Å². The minimum absolute atomic E-state index is 0. The zero-order valence-corrected chi connectivity index (χ0v) is 12.9. The van der Waals surface area contributed by atoms with Crippen LogP contribution in [0.3, 0.4) is 0 Å². The number of likely N-dealkylation sites (tertiary alicyclic amines) is 1. The lowest BCUT2D eigenvalue weighted by molar-refractivity contribution is 0.104. The molecule has 2 saturated heterocycles. The SMILES string of the molecule is Cl.Cl.OC1C[C@@H]2CN(CC3CNCCOC3)C[C@@H]2C1. The third kappa shape index (κ3) is 4.45. The van der Waals surface area contributed by atoms with Gasteiger partial charge in [0.05, 0.1) is 19.3 Å². The van der Waals surface area contributed by atoms with Crippen molar-refractivity contribution in [2.24, 2.45) is 17.8 Å². The van der Waals surface area contributed by atoms with Gasteiger partial charge < -0.3 is 20.1 Å². The molecule has 1 aliphatic carbocycles. The van der Waals surface area contributed by atoms with Gasteiger partial charge in [0, 0.05) is 38.6 Å².